The summed E-state index contributed by atoms with van der Waals surface area (Å²) < 4.78 is 4.54. The number of hydrogen-bond acceptors (Lipinski definition) is 3. The smallest absolute Gasteiger partial charge is 0.293 e. The summed E-state index contributed by atoms with van der Waals surface area (Å²) in [7, 11) is 1.98. The highest BCUT2D eigenvalue weighted by atomic mass is 16.5. The molecule has 0 aliphatic heterocycles. The number of carbonyl (C=O) groups is 1. The molecule has 1 aromatic carbocycles. The van der Waals surface area contributed by atoms with E-state index in [1.54, 1.807) is 0 Å². The molecule has 3 nitrogen and oxygen atoms in total. The van der Waals surface area contributed by atoms with Gasteiger partial charge in [0.25, 0.3) is 6.47 Å². The van der Waals surface area contributed by atoms with Gasteiger partial charge in [-0.2, -0.15) is 0 Å². The van der Waals surface area contributed by atoms with Crippen LogP contribution in [-0.2, 0) is 16.1 Å². The fraction of sp³-hybridized carbons (Fsp3) is 0.533. The first kappa shape index (κ1) is 19.0. The Bertz CT molecular complexity index is 246. The standard InChI is InChI=1S/C8H8O2.C5H13N.C2H6/c9-7-10-6-8-4-2-1-3-5-8;1-3-4-5-6-2;1-2/h1-5,7H,6H2;6H,3-5H2,1-2H3;1-2H3. The lowest BCUT2D eigenvalue weighted by molar-refractivity contribution is -0.129. The Morgan fingerprint density at radius 1 is 1.22 bits per heavy atom. The molecule has 0 aliphatic carbocycles. The van der Waals surface area contributed by atoms with Crippen LogP contribution in [0.2, 0.25) is 0 Å². The molecule has 3 heteroatoms. The summed E-state index contributed by atoms with van der Waals surface area (Å²) in [6, 6.07) is 9.55. The maximum Gasteiger partial charge on any atom is 0.293 e. The van der Waals surface area contributed by atoms with Crippen molar-refractivity contribution in [3.05, 3.63) is 35.9 Å². The van der Waals surface area contributed by atoms with Gasteiger partial charge in [0.15, 0.2) is 0 Å². The highest BCUT2D eigenvalue weighted by molar-refractivity contribution is 5.37. The number of rotatable bonds is 6. The Hall–Kier alpha value is -1.35. The van der Waals surface area contributed by atoms with E-state index in [4.69, 9.17) is 0 Å². The normalized spacial score (nSPS) is 8.22. The molecule has 104 valence electrons. The summed E-state index contributed by atoms with van der Waals surface area (Å²) in [5.41, 5.74) is 1.01. The van der Waals surface area contributed by atoms with Crippen molar-refractivity contribution in [1.29, 1.82) is 0 Å². The molecule has 0 amide bonds. The molecule has 0 spiro atoms. The number of hydrogen-bond donors (Lipinski definition) is 1. The van der Waals surface area contributed by atoms with E-state index in [1.165, 1.54) is 12.8 Å². The average Bonchev–Trinajstić information content (AvgIpc) is 2.47. The van der Waals surface area contributed by atoms with Crippen LogP contribution >= 0.6 is 0 Å². The first-order valence-electron chi connectivity index (χ1n) is 6.58. The monoisotopic (exact) mass is 253 g/mol. The molecular formula is C15H27NO2. The number of ether oxygens (including phenoxy) is 1. The molecule has 1 rings (SSSR count). The summed E-state index contributed by atoms with van der Waals surface area (Å²) in [5, 5.41) is 3.07. The van der Waals surface area contributed by atoms with Crippen LogP contribution in [0.4, 0.5) is 0 Å². The molecule has 0 bridgehead atoms. The quantitative estimate of drug-likeness (QED) is 0.624. The number of carbonyl (C=O) groups excluding carboxylic acids is 1. The second kappa shape index (κ2) is 18.0. The molecule has 0 atom stereocenters. The van der Waals surface area contributed by atoms with Crippen LogP contribution in [0.25, 0.3) is 0 Å². The molecule has 0 fully saturated rings. The summed E-state index contributed by atoms with van der Waals surface area (Å²) in [6.45, 7) is 8.17. The second-order valence-electron chi connectivity index (χ2n) is 3.35. The van der Waals surface area contributed by atoms with Gasteiger partial charge in [-0.05, 0) is 25.6 Å². The molecule has 1 N–H and O–H groups in total. The maximum absolute atomic E-state index is 9.76. The van der Waals surface area contributed by atoms with E-state index in [0.717, 1.165) is 12.1 Å². The first-order valence-corrected chi connectivity index (χ1v) is 6.58. The van der Waals surface area contributed by atoms with E-state index in [2.05, 4.69) is 17.0 Å². The number of nitrogens with one attached hydrogen (secondary N) is 1. The Kier molecular flexibility index (Phi) is 19.0. The zero-order chi connectivity index (χ0) is 14.1. The van der Waals surface area contributed by atoms with Gasteiger partial charge in [-0.3, -0.25) is 4.79 Å². The van der Waals surface area contributed by atoms with Crippen LogP contribution in [0.1, 0.15) is 39.2 Å². The topological polar surface area (TPSA) is 38.3 Å². The van der Waals surface area contributed by atoms with Gasteiger partial charge in [-0.25, -0.2) is 0 Å². The van der Waals surface area contributed by atoms with Gasteiger partial charge in [0.1, 0.15) is 6.61 Å². The summed E-state index contributed by atoms with van der Waals surface area (Å²) >= 11 is 0. The van der Waals surface area contributed by atoms with Gasteiger partial charge in [-0.1, -0.05) is 57.5 Å². The van der Waals surface area contributed by atoms with E-state index in [0.29, 0.717) is 13.1 Å². The molecule has 0 saturated carbocycles. The van der Waals surface area contributed by atoms with Gasteiger partial charge < -0.3 is 10.1 Å². The predicted molar refractivity (Wildman–Crippen MR) is 77.5 cm³/mol. The van der Waals surface area contributed by atoms with Gasteiger partial charge in [0, 0.05) is 0 Å². The van der Waals surface area contributed by atoms with E-state index >= 15 is 0 Å². The van der Waals surface area contributed by atoms with Crippen molar-refractivity contribution in [2.45, 2.75) is 40.2 Å². The molecule has 0 saturated heterocycles. The largest absolute Gasteiger partial charge is 0.463 e. The third-order valence-electron chi connectivity index (χ3n) is 1.94. The summed E-state index contributed by atoms with van der Waals surface area (Å²) in [4.78, 5) is 9.76. The molecule has 0 aromatic heterocycles. The summed E-state index contributed by atoms with van der Waals surface area (Å²) in [5.74, 6) is 0. The van der Waals surface area contributed by atoms with E-state index in [9.17, 15) is 4.79 Å². The van der Waals surface area contributed by atoms with Crippen molar-refractivity contribution in [2.75, 3.05) is 13.6 Å². The minimum atomic E-state index is 0.365. The fourth-order valence-corrected chi connectivity index (χ4v) is 1.06. The Balaban J connectivity index is 0. The van der Waals surface area contributed by atoms with E-state index in [1.807, 2.05) is 51.2 Å². The molecule has 1 aromatic rings. The third kappa shape index (κ3) is 14.6. The van der Waals surface area contributed by atoms with Crippen LogP contribution in [-0.4, -0.2) is 20.1 Å². The van der Waals surface area contributed by atoms with Gasteiger partial charge in [-0.15, -0.1) is 0 Å². The van der Waals surface area contributed by atoms with Crippen LogP contribution in [0.5, 0.6) is 0 Å². The van der Waals surface area contributed by atoms with Crippen LogP contribution in [0.3, 0.4) is 0 Å². The lowest BCUT2D eigenvalue weighted by Crippen LogP contribution is -2.06. The van der Waals surface area contributed by atoms with Crippen molar-refractivity contribution in [2.24, 2.45) is 0 Å². The van der Waals surface area contributed by atoms with Crippen molar-refractivity contribution < 1.29 is 9.53 Å². The van der Waals surface area contributed by atoms with Crippen LogP contribution in [0.15, 0.2) is 30.3 Å². The lowest BCUT2D eigenvalue weighted by Gasteiger charge is -1.95. The zero-order valence-corrected chi connectivity index (χ0v) is 12.1. The fourth-order valence-electron chi connectivity index (χ4n) is 1.06. The third-order valence-corrected chi connectivity index (χ3v) is 1.94. The molecule has 0 aliphatic rings. The molecule has 0 heterocycles. The van der Waals surface area contributed by atoms with Crippen molar-refractivity contribution >= 4 is 6.47 Å². The Labute approximate surface area is 112 Å². The highest BCUT2D eigenvalue weighted by Gasteiger charge is 1.87. The second-order valence-corrected chi connectivity index (χ2v) is 3.35. The zero-order valence-electron chi connectivity index (χ0n) is 12.1. The predicted octanol–water partition coefficient (Wildman–Crippen LogP) is 3.39. The average molecular weight is 253 g/mol. The Morgan fingerprint density at radius 3 is 2.22 bits per heavy atom. The van der Waals surface area contributed by atoms with E-state index < -0.39 is 0 Å². The van der Waals surface area contributed by atoms with Crippen LogP contribution in [0, 0.1) is 0 Å². The molecule has 0 unspecified atom stereocenters. The minimum Gasteiger partial charge on any atom is -0.463 e. The summed E-state index contributed by atoms with van der Waals surface area (Å²) in [6.07, 6.45) is 2.59. The minimum absolute atomic E-state index is 0.365. The maximum atomic E-state index is 9.76. The van der Waals surface area contributed by atoms with Gasteiger partial charge in [0.05, 0.1) is 0 Å². The Morgan fingerprint density at radius 2 is 1.83 bits per heavy atom. The lowest BCUT2D eigenvalue weighted by atomic mass is 10.2. The molecule has 18 heavy (non-hydrogen) atoms. The van der Waals surface area contributed by atoms with Crippen molar-refractivity contribution in [3.63, 3.8) is 0 Å². The molecular weight excluding hydrogens is 226 g/mol. The van der Waals surface area contributed by atoms with Crippen LogP contribution < -0.4 is 5.32 Å². The van der Waals surface area contributed by atoms with Gasteiger partial charge >= 0.3 is 0 Å². The van der Waals surface area contributed by atoms with E-state index in [-0.39, 0.29) is 0 Å². The number of benzene rings is 1. The van der Waals surface area contributed by atoms with Crippen molar-refractivity contribution in [1.82, 2.24) is 5.32 Å². The van der Waals surface area contributed by atoms with Crippen molar-refractivity contribution in [3.8, 4) is 0 Å². The number of unbranched alkanes of at least 4 members (excludes halogenated alkanes) is 1. The highest BCUT2D eigenvalue weighted by Crippen LogP contribution is 1.98. The SMILES string of the molecule is CC.CCCCNC.O=COCc1ccccc1. The van der Waals surface area contributed by atoms with Gasteiger partial charge in [0.2, 0.25) is 0 Å². The first-order chi connectivity index (χ1) is 8.85. The molecule has 0 radical (unpaired) electrons.